The Kier molecular flexibility index (Phi) is 5.83. The Bertz CT molecular complexity index is 426. The van der Waals surface area contributed by atoms with E-state index in [0.29, 0.717) is 6.61 Å². The van der Waals surface area contributed by atoms with Gasteiger partial charge in [0.1, 0.15) is 0 Å². The van der Waals surface area contributed by atoms with Crippen LogP contribution in [0.5, 0.6) is 0 Å². The van der Waals surface area contributed by atoms with Crippen molar-refractivity contribution in [1.29, 1.82) is 0 Å². The summed E-state index contributed by atoms with van der Waals surface area (Å²) in [4.78, 5) is 2.70. The fourth-order valence-electron chi connectivity index (χ4n) is 3.81. The normalized spacial score (nSPS) is 20.2. The minimum Gasteiger partial charge on any atom is -0.397 e. The smallest absolute Gasteiger partial charge is 0.0961 e. The Morgan fingerprint density at radius 2 is 1.62 bits per heavy atom. The first kappa shape index (κ1) is 16.9. The summed E-state index contributed by atoms with van der Waals surface area (Å²) in [5.41, 5.74) is 0. The highest BCUT2D eigenvalue weighted by Gasteiger charge is 2.47. The van der Waals surface area contributed by atoms with Gasteiger partial charge in [-0.2, -0.15) is 0 Å². The third kappa shape index (κ3) is 3.86. The predicted molar refractivity (Wildman–Crippen MR) is 97.4 cm³/mol. The largest absolute Gasteiger partial charge is 0.397 e. The molecule has 4 heteroatoms. The van der Waals surface area contributed by atoms with E-state index in [1.54, 1.807) is 5.19 Å². The lowest BCUT2D eigenvalue weighted by molar-refractivity contribution is 0.258. The number of nitrogens with zero attached hydrogens (tertiary/aromatic N) is 1. The maximum atomic E-state index is 9.79. The van der Waals surface area contributed by atoms with Crippen LogP contribution in [0.2, 0.25) is 25.7 Å². The summed E-state index contributed by atoms with van der Waals surface area (Å²) in [5.74, 6) is 0. The first-order valence-corrected chi connectivity index (χ1v) is 15.3. The molecular formula is C17H31NOSi2. The second-order valence-electron chi connectivity index (χ2n) is 7.51. The number of benzene rings is 1. The molecule has 0 aliphatic carbocycles. The van der Waals surface area contributed by atoms with E-state index in [9.17, 15) is 5.11 Å². The summed E-state index contributed by atoms with van der Waals surface area (Å²) in [6.07, 6.45) is 5.35. The molecule has 1 aromatic rings. The maximum absolute atomic E-state index is 9.79. The second-order valence-corrected chi connectivity index (χ2v) is 22.9. The standard InChI is InChI=1S/C17H31NOSi2/c1-20(2,3)21(15-14-19,17-10-6-4-7-11-17)16-18-12-8-5-9-13-18/h4,6-7,10-11,19H,5,8-9,12-16H2,1-3H3/t21-/m0/s1. The molecule has 118 valence electrons. The third-order valence-electron chi connectivity index (χ3n) is 5.24. The molecule has 2 rings (SSSR count). The predicted octanol–water partition coefficient (Wildman–Crippen LogP) is 2.78. The Morgan fingerprint density at radius 3 is 2.14 bits per heavy atom. The maximum Gasteiger partial charge on any atom is 0.0961 e. The molecule has 0 saturated carbocycles. The highest BCUT2D eigenvalue weighted by molar-refractivity contribution is 7.46. The van der Waals surface area contributed by atoms with Gasteiger partial charge in [0, 0.05) is 14.2 Å². The number of likely N-dealkylation sites (tertiary alicyclic amines) is 1. The molecule has 0 spiro atoms. The van der Waals surface area contributed by atoms with Crippen molar-refractivity contribution in [2.24, 2.45) is 0 Å². The van der Waals surface area contributed by atoms with Crippen molar-refractivity contribution in [1.82, 2.24) is 4.90 Å². The minimum absolute atomic E-state index is 0.346. The second kappa shape index (κ2) is 7.22. The van der Waals surface area contributed by atoms with Gasteiger partial charge in [-0.25, -0.2) is 0 Å². The molecule has 0 bridgehead atoms. The van der Waals surface area contributed by atoms with Crippen LogP contribution in [0.3, 0.4) is 0 Å². The number of aliphatic hydroxyl groups excluding tert-OH is 1. The van der Waals surface area contributed by atoms with Crippen LogP contribution in [0.4, 0.5) is 0 Å². The van der Waals surface area contributed by atoms with Crippen LogP contribution in [0.25, 0.3) is 0 Å². The van der Waals surface area contributed by atoms with E-state index in [2.05, 4.69) is 54.9 Å². The van der Waals surface area contributed by atoms with Crippen molar-refractivity contribution >= 4 is 20.4 Å². The fourth-order valence-corrected chi connectivity index (χ4v) is 16.6. The molecule has 1 heterocycles. The van der Waals surface area contributed by atoms with Crippen molar-refractivity contribution in [3.8, 4) is 0 Å². The molecular weight excluding hydrogens is 290 g/mol. The van der Waals surface area contributed by atoms with E-state index in [0.717, 1.165) is 6.04 Å². The first-order chi connectivity index (χ1) is 9.99. The highest BCUT2D eigenvalue weighted by atomic mass is 29.3. The molecule has 0 radical (unpaired) electrons. The SMILES string of the molecule is C[Si](C)(C)[Si@@](CCO)(CN1CCCCC1)c1ccccc1. The molecule has 1 fully saturated rings. The van der Waals surface area contributed by atoms with Gasteiger partial charge in [0.05, 0.1) is 7.59 Å². The van der Waals surface area contributed by atoms with Gasteiger partial charge in [0.25, 0.3) is 0 Å². The van der Waals surface area contributed by atoms with Gasteiger partial charge in [-0.15, -0.1) is 0 Å². The molecule has 1 N–H and O–H groups in total. The molecule has 1 aromatic carbocycles. The zero-order chi connectivity index (χ0) is 15.3. The highest BCUT2D eigenvalue weighted by Crippen LogP contribution is 2.26. The van der Waals surface area contributed by atoms with Crippen LogP contribution >= 0.6 is 0 Å². The van der Waals surface area contributed by atoms with Crippen molar-refractivity contribution in [2.75, 3.05) is 25.9 Å². The number of hydrogen-bond acceptors (Lipinski definition) is 2. The topological polar surface area (TPSA) is 23.5 Å². The monoisotopic (exact) mass is 321 g/mol. The molecule has 21 heavy (non-hydrogen) atoms. The van der Waals surface area contributed by atoms with Crippen LogP contribution in [-0.4, -0.2) is 51.1 Å². The summed E-state index contributed by atoms with van der Waals surface area (Å²) in [6, 6.07) is 12.2. The Morgan fingerprint density at radius 1 is 1.00 bits per heavy atom. The molecule has 1 aliphatic heterocycles. The number of hydrogen-bond donors (Lipinski definition) is 1. The summed E-state index contributed by atoms with van der Waals surface area (Å²) in [7, 11) is -2.99. The molecule has 1 atom stereocenters. The molecule has 1 saturated heterocycles. The lowest BCUT2D eigenvalue weighted by atomic mass is 10.1. The molecule has 0 aromatic heterocycles. The number of aliphatic hydroxyl groups is 1. The lowest BCUT2D eigenvalue weighted by Crippen LogP contribution is -2.71. The van der Waals surface area contributed by atoms with Gasteiger partial charge in [0.15, 0.2) is 0 Å². The average molecular weight is 322 g/mol. The van der Waals surface area contributed by atoms with Gasteiger partial charge >= 0.3 is 0 Å². The first-order valence-electron chi connectivity index (χ1n) is 8.38. The van der Waals surface area contributed by atoms with Crippen molar-refractivity contribution in [2.45, 2.75) is 44.9 Å². The van der Waals surface area contributed by atoms with Gasteiger partial charge in [0.2, 0.25) is 0 Å². The Hall–Kier alpha value is -0.426. The fraction of sp³-hybridized carbons (Fsp3) is 0.647. The third-order valence-corrected chi connectivity index (χ3v) is 22.3. The van der Waals surface area contributed by atoms with Gasteiger partial charge in [-0.1, -0.05) is 61.6 Å². The van der Waals surface area contributed by atoms with E-state index < -0.39 is 15.2 Å². The van der Waals surface area contributed by atoms with Crippen LogP contribution < -0.4 is 5.19 Å². The summed E-state index contributed by atoms with van der Waals surface area (Å²) >= 11 is 0. The number of rotatable bonds is 6. The van der Waals surface area contributed by atoms with Gasteiger partial charge in [-0.3, -0.25) is 0 Å². The zero-order valence-corrected chi connectivity index (χ0v) is 15.9. The average Bonchev–Trinajstić information content (AvgIpc) is 2.47. The van der Waals surface area contributed by atoms with Crippen LogP contribution in [0.15, 0.2) is 30.3 Å². The number of piperidine rings is 1. The quantitative estimate of drug-likeness (QED) is 0.815. The molecule has 2 nitrogen and oxygen atoms in total. The summed E-state index contributed by atoms with van der Waals surface area (Å²) in [6.45, 7) is 10.4. The van der Waals surface area contributed by atoms with E-state index >= 15 is 0 Å². The molecule has 0 unspecified atom stereocenters. The zero-order valence-electron chi connectivity index (χ0n) is 13.9. The van der Waals surface area contributed by atoms with Crippen LogP contribution in [0, 0.1) is 0 Å². The minimum atomic E-state index is -1.65. The van der Waals surface area contributed by atoms with Gasteiger partial charge in [-0.05, 0) is 38.1 Å². The summed E-state index contributed by atoms with van der Waals surface area (Å²) in [5, 5.41) is 11.4. The molecule has 1 aliphatic rings. The van der Waals surface area contributed by atoms with Crippen LogP contribution in [0.1, 0.15) is 19.3 Å². The van der Waals surface area contributed by atoms with Crippen molar-refractivity contribution in [3.05, 3.63) is 30.3 Å². The summed E-state index contributed by atoms with van der Waals surface area (Å²) < 4.78 is 0. The van der Waals surface area contributed by atoms with E-state index in [4.69, 9.17) is 0 Å². The van der Waals surface area contributed by atoms with E-state index in [1.807, 2.05) is 0 Å². The van der Waals surface area contributed by atoms with E-state index in [1.165, 1.54) is 38.5 Å². The Balaban J connectivity index is 2.35. The lowest BCUT2D eigenvalue weighted by Gasteiger charge is -2.46. The van der Waals surface area contributed by atoms with Crippen LogP contribution in [-0.2, 0) is 0 Å². The van der Waals surface area contributed by atoms with Crippen molar-refractivity contribution in [3.63, 3.8) is 0 Å². The molecule has 0 amide bonds. The van der Waals surface area contributed by atoms with Crippen molar-refractivity contribution < 1.29 is 5.11 Å². The Labute approximate surface area is 132 Å². The van der Waals surface area contributed by atoms with Gasteiger partial charge < -0.3 is 10.0 Å². The van der Waals surface area contributed by atoms with E-state index in [-0.39, 0.29) is 0 Å².